The quantitative estimate of drug-likeness (QED) is 0.651. The molecule has 8 heteroatoms. The van der Waals surface area contributed by atoms with Crippen LogP contribution >= 0.6 is 23.2 Å². The molecular formula is C9H9Cl2N3O3. The van der Waals surface area contributed by atoms with Crippen LogP contribution in [0.4, 0.5) is 5.82 Å². The Morgan fingerprint density at radius 1 is 1.53 bits per heavy atom. The number of carboxylic acid groups (broad SMARTS) is 1. The topological polar surface area (TPSA) is 75.6 Å². The maximum Gasteiger partial charge on any atom is 0.326 e. The van der Waals surface area contributed by atoms with Crippen molar-refractivity contribution in [2.24, 2.45) is 0 Å². The molecule has 1 fully saturated rings. The smallest absolute Gasteiger partial charge is 0.326 e. The summed E-state index contributed by atoms with van der Waals surface area (Å²) >= 11 is 11.4. The fraction of sp³-hybridized carbons (Fsp3) is 0.444. The van der Waals surface area contributed by atoms with E-state index < -0.39 is 12.0 Å². The molecule has 1 atom stereocenters. The van der Waals surface area contributed by atoms with Crippen LogP contribution in [-0.2, 0) is 9.53 Å². The Hall–Kier alpha value is -1.11. The number of halogens is 2. The lowest BCUT2D eigenvalue weighted by molar-refractivity contribution is -0.140. The van der Waals surface area contributed by atoms with Gasteiger partial charge in [-0.25, -0.2) is 14.8 Å². The van der Waals surface area contributed by atoms with Crippen LogP contribution in [0.5, 0.6) is 0 Å². The van der Waals surface area contributed by atoms with E-state index in [1.807, 2.05) is 0 Å². The van der Waals surface area contributed by atoms with Crippen LogP contribution in [0.3, 0.4) is 0 Å². The number of aromatic nitrogens is 2. The SMILES string of the molecule is O=C(O)[C@H]1CCOCN1c1cc(Cl)nc(Cl)n1. The third kappa shape index (κ3) is 2.77. The summed E-state index contributed by atoms with van der Waals surface area (Å²) in [6.07, 6.45) is 0.384. The maximum atomic E-state index is 11.1. The predicted molar refractivity (Wildman–Crippen MR) is 61.4 cm³/mol. The van der Waals surface area contributed by atoms with Gasteiger partial charge in [0, 0.05) is 12.5 Å². The molecule has 1 aliphatic heterocycles. The molecule has 0 aromatic carbocycles. The number of aliphatic carboxylic acids is 1. The van der Waals surface area contributed by atoms with Crippen molar-refractivity contribution in [3.8, 4) is 0 Å². The minimum absolute atomic E-state index is 0.0257. The molecule has 1 saturated heterocycles. The largest absolute Gasteiger partial charge is 0.480 e. The van der Waals surface area contributed by atoms with Crippen molar-refractivity contribution in [2.75, 3.05) is 18.2 Å². The fourth-order valence-electron chi connectivity index (χ4n) is 1.61. The van der Waals surface area contributed by atoms with E-state index in [0.29, 0.717) is 18.8 Å². The van der Waals surface area contributed by atoms with E-state index in [9.17, 15) is 4.79 Å². The number of hydrogen-bond donors (Lipinski definition) is 1. The molecule has 6 nitrogen and oxygen atoms in total. The minimum atomic E-state index is -0.931. The van der Waals surface area contributed by atoms with Gasteiger partial charge in [0.2, 0.25) is 5.28 Å². The maximum absolute atomic E-state index is 11.1. The van der Waals surface area contributed by atoms with Crippen LogP contribution in [0.25, 0.3) is 0 Å². The molecule has 92 valence electrons. The molecule has 1 aromatic rings. The number of hydrogen-bond acceptors (Lipinski definition) is 5. The Bertz CT molecular complexity index is 423. The van der Waals surface area contributed by atoms with Gasteiger partial charge in [-0.15, -0.1) is 0 Å². The van der Waals surface area contributed by atoms with E-state index in [-0.39, 0.29) is 17.2 Å². The predicted octanol–water partition coefficient (Wildman–Crippen LogP) is 1.42. The first kappa shape index (κ1) is 12.3. The highest BCUT2D eigenvalue weighted by Crippen LogP contribution is 2.23. The highest BCUT2D eigenvalue weighted by molar-refractivity contribution is 6.32. The second-order valence-corrected chi connectivity index (χ2v) is 4.19. The Kier molecular flexibility index (Phi) is 3.66. The van der Waals surface area contributed by atoms with Gasteiger partial charge >= 0.3 is 5.97 Å². The first-order valence-electron chi connectivity index (χ1n) is 4.85. The van der Waals surface area contributed by atoms with Gasteiger partial charge in [-0.3, -0.25) is 0 Å². The van der Waals surface area contributed by atoms with E-state index in [1.165, 1.54) is 11.0 Å². The van der Waals surface area contributed by atoms with Crippen molar-refractivity contribution in [3.05, 3.63) is 16.5 Å². The number of anilines is 1. The zero-order chi connectivity index (χ0) is 12.4. The van der Waals surface area contributed by atoms with Gasteiger partial charge in [-0.1, -0.05) is 11.6 Å². The van der Waals surface area contributed by atoms with Gasteiger partial charge in [-0.05, 0) is 11.6 Å². The third-order valence-corrected chi connectivity index (χ3v) is 2.74. The van der Waals surface area contributed by atoms with Crippen LogP contribution in [0.2, 0.25) is 10.4 Å². The molecule has 2 rings (SSSR count). The number of carboxylic acids is 1. The van der Waals surface area contributed by atoms with Crippen LogP contribution in [0.1, 0.15) is 6.42 Å². The molecule has 0 spiro atoms. The second-order valence-electron chi connectivity index (χ2n) is 3.47. The average Bonchev–Trinajstić information content (AvgIpc) is 2.27. The molecule has 1 aliphatic rings. The standard InChI is InChI=1S/C9H9Cl2N3O3/c10-6-3-7(13-9(11)12-6)14-4-17-2-1-5(14)8(15)16/h3,5H,1-2,4H2,(H,15,16)/t5-/m1/s1. The normalized spacial score (nSPS) is 20.4. The summed E-state index contributed by atoms with van der Waals surface area (Å²) in [6, 6.07) is 0.767. The molecule has 17 heavy (non-hydrogen) atoms. The minimum Gasteiger partial charge on any atom is -0.480 e. The van der Waals surface area contributed by atoms with Crippen LogP contribution in [-0.4, -0.2) is 40.4 Å². The molecule has 0 bridgehead atoms. The molecular weight excluding hydrogens is 269 g/mol. The summed E-state index contributed by atoms with van der Waals surface area (Å²) in [5, 5.41) is 9.24. The van der Waals surface area contributed by atoms with Crippen molar-refractivity contribution in [1.29, 1.82) is 0 Å². The average molecular weight is 278 g/mol. The monoisotopic (exact) mass is 277 g/mol. The molecule has 0 saturated carbocycles. The summed E-state index contributed by atoms with van der Waals surface area (Å²) in [5.41, 5.74) is 0. The van der Waals surface area contributed by atoms with Gasteiger partial charge in [0.15, 0.2) is 0 Å². The van der Waals surface area contributed by atoms with Gasteiger partial charge in [0.1, 0.15) is 23.7 Å². The van der Waals surface area contributed by atoms with Crippen molar-refractivity contribution in [3.63, 3.8) is 0 Å². The zero-order valence-corrected chi connectivity index (χ0v) is 10.1. The van der Waals surface area contributed by atoms with Gasteiger partial charge < -0.3 is 14.7 Å². The van der Waals surface area contributed by atoms with E-state index in [4.69, 9.17) is 33.0 Å². The second kappa shape index (κ2) is 5.03. The summed E-state index contributed by atoms with van der Waals surface area (Å²) in [6.45, 7) is 0.542. The van der Waals surface area contributed by atoms with Crippen LogP contribution in [0, 0.1) is 0 Å². The lowest BCUT2D eigenvalue weighted by Crippen LogP contribution is -2.47. The molecule has 0 radical (unpaired) electrons. The van der Waals surface area contributed by atoms with E-state index in [2.05, 4.69) is 9.97 Å². The number of ether oxygens (including phenoxy) is 1. The molecule has 1 N–H and O–H groups in total. The lowest BCUT2D eigenvalue weighted by Gasteiger charge is -2.33. The Balaban J connectivity index is 2.32. The van der Waals surface area contributed by atoms with Gasteiger partial charge in [0.05, 0.1) is 6.61 Å². The first-order valence-corrected chi connectivity index (χ1v) is 5.61. The summed E-state index contributed by atoms with van der Waals surface area (Å²) in [4.78, 5) is 20.2. The van der Waals surface area contributed by atoms with E-state index in [1.54, 1.807) is 0 Å². The molecule has 0 unspecified atom stereocenters. The van der Waals surface area contributed by atoms with Crippen LogP contribution in [0.15, 0.2) is 6.07 Å². The third-order valence-electron chi connectivity index (χ3n) is 2.38. The van der Waals surface area contributed by atoms with E-state index in [0.717, 1.165) is 0 Å². The molecule has 2 heterocycles. The van der Waals surface area contributed by atoms with Gasteiger partial charge in [-0.2, -0.15) is 0 Å². The molecule has 1 aromatic heterocycles. The highest BCUT2D eigenvalue weighted by Gasteiger charge is 2.30. The summed E-state index contributed by atoms with van der Waals surface area (Å²) in [7, 11) is 0. The van der Waals surface area contributed by atoms with Crippen molar-refractivity contribution >= 4 is 35.0 Å². The van der Waals surface area contributed by atoms with Crippen molar-refractivity contribution in [2.45, 2.75) is 12.5 Å². The van der Waals surface area contributed by atoms with Crippen molar-refractivity contribution < 1.29 is 14.6 Å². The van der Waals surface area contributed by atoms with E-state index >= 15 is 0 Å². The Labute approximate surface area is 107 Å². The lowest BCUT2D eigenvalue weighted by atomic mass is 10.1. The summed E-state index contributed by atoms with van der Waals surface area (Å²) < 4.78 is 5.21. The highest BCUT2D eigenvalue weighted by atomic mass is 35.5. The molecule has 0 aliphatic carbocycles. The number of rotatable bonds is 2. The van der Waals surface area contributed by atoms with Crippen molar-refractivity contribution in [1.82, 2.24) is 9.97 Å². The summed E-state index contributed by atoms with van der Waals surface area (Å²) in [5.74, 6) is -0.582. The molecule has 0 amide bonds. The van der Waals surface area contributed by atoms with Crippen LogP contribution < -0.4 is 4.90 Å². The Morgan fingerprint density at radius 3 is 2.94 bits per heavy atom. The number of carbonyl (C=O) groups is 1. The first-order chi connectivity index (χ1) is 8.08. The zero-order valence-electron chi connectivity index (χ0n) is 8.64. The number of nitrogens with zero attached hydrogens (tertiary/aromatic N) is 3. The fourth-order valence-corrected chi connectivity index (χ4v) is 2.01. The Morgan fingerprint density at radius 2 is 2.29 bits per heavy atom. The van der Waals surface area contributed by atoms with Gasteiger partial charge in [0.25, 0.3) is 0 Å².